The summed E-state index contributed by atoms with van der Waals surface area (Å²) in [5.41, 5.74) is 1.43. The van der Waals surface area contributed by atoms with Crippen molar-refractivity contribution in [1.82, 2.24) is 5.32 Å². The second kappa shape index (κ2) is 8.79. The van der Waals surface area contributed by atoms with E-state index in [-0.39, 0.29) is 5.41 Å². The predicted octanol–water partition coefficient (Wildman–Crippen LogP) is 3.60. The number of carboxylic acids is 1. The molecule has 22 heavy (non-hydrogen) atoms. The second-order valence-electron chi connectivity index (χ2n) is 6.61. The molecule has 0 fully saturated rings. The highest BCUT2D eigenvalue weighted by molar-refractivity contribution is 5.73. The van der Waals surface area contributed by atoms with E-state index in [0.29, 0.717) is 19.6 Å². The third-order valence-corrected chi connectivity index (χ3v) is 3.58. The fraction of sp³-hybridized carbons (Fsp3) is 0.611. The van der Waals surface area contributed by atoms with Gasteiger partial charge in [0, 0.05) is 0 Å². The molecule has 0 aliphatic carbocycles. The molecule has 0 spiro atoms. The van der Waals surface area contributed by atoms with E-state index in [4.69, 9.17) is 9.84 Å². The van der Waals surface area contributed by atoms with Gasteiger partial charge in [0.15, 0.2) is 0 Å². The lowest BCUT2D eigenvalue weighted by Gasteiger charge is -2.19. The molecule has 0 saturated carbocycles. The smallest absolute Gasteiger partial charge is 0.320 e. The topological polar surface area (TPSA) is 58.6 Å². The molecule has 124 valence electrons. The van der Waals surface area contributed by atoms with Crippen LogP contribution in [0.4, 0.5) is 0 Å². The predicted molar refractivity (Wildman–Crippen MR) is 89.6 cm³/mol. The summed E-state index contributed by atoms with van der Waals surface area (Å²) < 4.78 is 5.69. The molecular formula is C18H29NO3. The average Bonchev–Trinajstić information content (AvgIpc) is 2.45. The number of nitrogens with one attached hydrogen (secondary N) is 1. The number of benzene rings is 1. The van der Waals surface area contributed by atoms with Crippen LogP contribution < -0.4 is 10.1 Å². The lowest BCUT2D eigenvalue weighted by molar-refractivity contribution is -0.139. The van der Waals surface area contributed by atoms with Gasteiger partial charge in [0.2, 0.25) is 0 Å². The van der Waals surface area contributed by atoms with E-state index >= 15 is 0 Å². The van der Waals surface area contributed by atoms with Crippen molar-refractivity contribution >= 4 is 5.97 Å². The van der Waals surface area contributed by atoms with E-state index < -0.39 is 12.0 Å². The fourth-order valence-corrected chi connectivity index (χ4v) is 2.19. The summed E-state index contributed by atoms with van der Waals surface area (Å²) in [5, 5.41) is 12.1. The minimum Gasteiger partial charge on any atom is -0.494 e. The Hall–Kier alpha value is -1.55. The number of ether oxygens (including phenoxy) is 1. The Balaban J connectivity index is 2.28. The van der Waals surface area contributed by atoms with Crippen LogP contribution in [0.5, 0.6) is 5.75 Å². The van der Waals surface area contributed by atoms with Crippen LogP contribution in [0.1, 0.15) is 52.5 Å². The largest absolute Gasteiger partial charge is 0.494 e. The first-order valence-electron chi connectivity index (χ1n) is 8.04. The standard InChI is InChI=1S/C18H29NO3/c1-5-7-16(17(20)21)19-12-6-13-22-15-10-8-14(9-11-15)18(2,3)4/h8-11,16,19H,5-7,12-13H2,1-4H3,(H,20,21). The van der Waals surface area contributed by atoms with Crippen LogP contribution in [0, 0.1) is 0 Å². The van der Waals surface area contributed by atoms with Gasteiger partial charge in [-0.05, 0) is 42.5 Å². The summed E-state index contributed by atoms with van der Waals surface area (Å²) in [4.78, 5) is 11.0. The molecule has 0 aromatic heterocycles. The minimum atomic E-state index is -0.777. The monoisotopic (exact) mass is 307 g/mol. The molecule has 1 aromatic rings. The van der Waals surface area contributed by atoms with Gasteiger partial charge in [0.05, 0.1) is 6.61 Å². The molecule has 0 radical (unpaired) electrons. The summed E-state index contributed by atoms with van der Waals surface area (Å²) in [7, 11) is 0. The van der Waals surface area contributed by atoms with Crippen molar-refractivity contribution in [1.29, 1.82) is 0 Å². The van der Waals surface area contributed by atoms with Crippen molar-refractivity contribution in [2.45, 2.75) is 58.4 Å². The highest BCUT2D eigenvalue weighted by Gasteiger charge is 2.15. The van der Waals surface area contributed by atoms with Crippen LogP contribution in [0.2, 0.25) is 0 Å². The highest BCUT2D eigenvalue weighted by Crippen LogP contribution is 2.24. The molecule has 1 aromatic carbocycles. The van der Waals surface area contributed by atoms with E-state index in [2.05, 4.69) is 38.2 Å². The zero-order valence-electron chi connectivity index (χ0n) is 14.2. The highest BCUT2D eigenvalue weighted by atomic mass is 16.5. The Labute approximate surface area is 133 Å². The maximum Gasteiger partial charge on any atom is 0.320 e. The van der Waals surface area contributed by atoms with Crippen molar-refractivity contribution in [3.63, 3.8) is 0 Å². The lowest BCUT2D eigenvalue weighted by atomic mass is 9.87. The Bertz CT molecular complexity index is 448. The van der Waals surface area contributed by atoms with Gasteiger partial charge in [-0.2, -0.15) is 0 Å². The first-order valence-corrected chi connectivity index (χ1v) is 8.04. The molecule has 0 aliphatic rings. The summed E-state index contributed by atoms with van der Waals surface area (Å²) in [6.07, 6.45) is 2.31. The summed E-state index contributed by atoms with van der Waals surface area (Å²) in [5.74, 6) is 0.0804. The SMILES string of the molecule is CCCC(NCCCOc1ccc(C(C)(C)C)cc1)C(=O)O. The van der Waals surface area contributed by atoms with Gasteiger partial charge in [0.25, 0.3) is 0 Å². The Kier molecular flexibility index (Phi) is 7.39. The van der Waals surface area contributed by atoms with Gasteiger partial charge < -0.3 is 15.2 Å². The molecule has 0 aliphatic heterocycles. The summed E-state index contributed by atoms with van der Waals surface area (Å²) in [6.45, 7) is 9.77. The van der Waals surface area contributed by atoms with Gasteiger partial charge in [-0.25, -0.2) is 0 Å². The van der Waals surface area contributed by atoms with Gasteiger partial charge in [0.1, 0.15) is 11.8 Å². The molecule has 1 rings (SSSR count). The van der Waals surface area contributed by atoms with E-state index in [1.54, 1.807) is 0 Å². The zero-order chi connectivity index (χ0) is 16.6. The van der Waals surface area contributed by atoms with Crippen LogP contribution in [0.25, 0.3) is 0 Å². The molecule has 2 N–H and O–H groups in total. The third kappa shape index (κ3) is 6.48. The number of hydrogen-bond donors (Lipinski definition) is 2. The van der Waals surface area contributed by atoms with Crippen molar-refractivity contribution in [3.8, 4) is 5.75 Å². The minimum absolute atomic E-state index is 0.146. The van der Waals surface area contributed by atoms with Gasteiger partial charge >= 0.3 is 5.97 Å². The number of carboxylic acid groups (broad SMARTS) is 1. The summed E-state index contributed by atoms with van der Waals surface area (Å²) in [6, 6.07) is 7.72. The fourth-order valence-electron chi connectivity index (χ4n) is 2.19. The number of rotatable bonds is 9. The van der Waals surface area contributed by atoms with Crippen LogP contribution >= 0.6 is 0 Å². The van der Waals surface area contributed by atoms with Crippen molar-refractivity contribution in [2.75, 3.05) is 13.2 Å². The second-order valence-corrected chi connectivity index (χ2v) is 6.61. The molecule has 0 bridgehead atoms. The van der Waals surface area contributed by atoms with Crippen molar-refractivity contribution < 1.29 is 14.6 Å². The van der Waals surface area contributed by atoms with Gasteiger partial charge in [-0.3, -0.25) is 4.79 Å². The van der Waals surface area contributed by atoms with Crippen LogP contribution in [-0.4, -0.2) is 30.3 Å². The van der Waals surface area contributed by atoms with E-state index in [9.17, 15) is 4.79 Å². The zero-order valence-corrected chi connectivity index (χ0v) is 14.2. The normalized spacial score (nSPS) is 12.9. The van der Waals surface area contributed by atoms with Crippen molar-refractivity contribution in [3.05, 3.63) is 29.8 Å². The molecule has 1 atom stereocenters. The molecule has 4 nitrogen and oxygen atoms in total. The van der Waals surface area contributed by atoms with E-state index in [0.717, 1.165) is 18.6 Å². The van der Waals surface area contributed by atoms with Gasteiger partial charge in [-0.15, -0.1) is 0 Å². The number of aliphatic carboxylic acids is 1. The van der Waals surface area contributed by atoms with Crippen LogP contribution in [0.3, 0.4) is 0 Å². The molecular weight excluding hydrogens is 278 g/mol. The van der Waals surface area contributed by atoms with Gasteiger partial charge in [-0.1, -0.05) is 46.2 Å². The first kappa shape index (κ1) is 18.5. The Morgan fingerprint density at radius 2 is 1.91 bits per heavy atom. The average molecular weight is 307 g/mol. The lowest BCUT2D eigenvalue weighted by Crippen LogP contribution is -2.37. The Morgan fingerprint density at radius 3 is 2.41 bits per heavy atom. The maximum absolute atomic E-state index is 11.0. The maximum atomic E-state index is 11.0. The first-order chi connectivity index (χ1) is 10.3. The number of carbonyl (C=O) groups is 1. The molecule has 0 saturated heterocycles. The van der Waals surface area contributed by atoms with Crippen LogP contribution in [-0.2, 0) is 10.2 Å². The van der Waals surface area contributed by atoms with E-state index in [1.807, 2.05) is 19.1 Å². The quantitative estimate of drug-likeness (QED) is 0.684. The number of hydrogen-bond acceptors (Lipinski definition) is 3. The van der Waals surface area contributed by atoms with Crippen LogP contribution in [0.15, 0.2) is 24.3 Å². The molecule has 0 heterocycles. The molecule has 1 unspecified atom stereocenters. The molecule has 4 heteroatoms. The Morgan fingerprint density at radius 1 is 1.27 bits per heavy atom. The van der Waals surface area contributed by atoms with E-state index in [1.165, 1.54) is 5.56 Å². The molecule has 0 amide bonds. The van der Waals surface area contributed by atoms with Crippen molar-refractivity contribution in [2.24, 2.45) is 0 Å². The third-order valence-electron chi connectivity index (χ3n) is 3.58. The summed E-state index contributed by atoms with van der Waals surface area (Å²) >= 11 is 0.